The third-order valence-electron chi connectivity index (χ3n) is 3.94. The standard InChI is InChI=1S/C18H18N6S/c1-12(8-24-11-19-10-20-24)21-17-16-15(14-6-4-3-5-7-14)9-25-18(16)23-13(2)22-17/h3-7,9-12H,8H2,1-2H3,(H,21,22,23)/t12-/m0/s1. The molecular formula is C18H18N6S. The van der Waals surface area contributed by atoms with E-state index in [-0.39, 0.29) is 6.04 Å². The van der Waals surface area contributed by atoms with E-state index in [1.807, 2.05) is 29.8 Å². The molecule has 0 amide bonds. The van der Waals surface area contributed by atoms with E-state index in [2.05, 4.69) is 49.8 Å². The topological polar surface area (TPSA) is 68.5 Å². The molecule has 0 spiro atoms. The maximum Gasteiger partial charge on any atom is 0.139 e. The van der Waals surface area contributed by atoms with Crippen LogP contribution >= 0.6 is 11.3 Å². The summed E-state index contributed by atoms with van der Waals surface area (Å²) in [5, 5.41) is 10.9. The fourth-order valence-corrected chi connectivity index (χ4v) is 3.86. The molecule has 126 valence electrons. The summed E-state index contributed by atoms with van der Waals surface area (Å²) in [5.41, 5.74) is 2.34. The number of rotatable bonds is 5. The van der Waals surface area contributed by atoms with Crippen molar-refractivity contribution in [2.75, 3.05) is 5.32 Å². The van der Waals surface area contributed by atoms with E-state index in [4.69, 9.17) is 0 Å². The first-order valence-electron chi connectivity index (χ1n) is 8.11. The van der Waals surface area contributed by atoms with E-state index < -0.39 is 0 Å². The van der Waals surface area contributed by atoms with Gasteiger partial charge in [0.25, 0.3) is 0 Å². The molecule has 0 fully saturated rings. The predicted molar refractivity (Wildman–Crippen MR) is 101 cm³/mol. The molecule has 1 aromatic carbocycles. The fraction of sp³-hybridized carbons (Fsp3) is 0.222. The second kappa shape index (κ2) is 6.60. The van der Waals surface area contributed by atoms with Gasteiger partial charge >= 0.3 is 0 Å². The normalized spacial score (nSPS) is 12.4. The molecule has 0 saturated carbocycles. The van der Waals surface area contributed by atoms with Gasteiger partial charge in [0.15, 0.2) is 0 Å². The third kappa shape index (κ3) is 3.23. The number of fused-ring (bicyclic) bond motifs is 1. The Morgan fingerprint density at radius 3 is 2.80 bits per heavy atom. The number of anilines is 1. The highest BCUT2D eigenvalue weighted by Gasteiger charge is 2.16. The number of hydrogen-bond donors (Lipinski definition) is 1. The van der Waals surface area contributed by atoms with Crippen LogP contribution in [0.2, 0.25) is 0 Å². The van der Waals surface area contributed by atoms with E-state index in [1.165, 1.54) is 5.56 Å². The SMILES string of the molecule is Cc1nc(N[C@@H](C)Cn2cncn2)c2c(-c3ccccc3)csc2n1. The first-order valence-corrected chi connectivity index (χ1v) is 8.99. The molecule has 4 aromatic rings. The van der Waals surface area contributed by atoms with Crippen LogP contribution < -0.4 is 5.32 Å². The molecule has 0 unspecified atom stereocenters. The minimum absolute atomic E-state index is 0.155. The predicted octanol–water partition coefficient (Wildman–Crippen LogP) is 3.76. The summed E-state index contributed by atoms with van der Waals surface area (Å²) in [6.45, 7) is 4.75. The average molecular weight is 350 g/mol. The van der Waals surface area contributed by atoms with Crippen molar-refractivity contribution in [2.24, 2.45) is 0 Å². The van der Waals surface area contributed by atoms with Gasteiger partial charge in [-0.3, -0.25) is 4.68 Å². The van der Waals surface area contributed by atoms with Crippen LogP contribution in [0.25, 0.3) is 21.3 Å². The van der Waals surface area contributed by atoms with Crippen LogP contribution in [0.1, 0.15) is 12.7 Å². The number of nitrogens with zero attached hydrogens (tertiary/aromatic N) is 5. The van der Waals surface area contributed by atoms with Crippen molar-refractivity contribution in [1.29, 1.82) is 0 Å². The van der Waals surface area contributed by atoms with Gasteiger partial charge in [0.1, 0.15) is 29.1 Å². The Morgan fingerprint density at radius 1 is 1.20 bits per heavy atom. The van der Waals surface area contributed by atoms with Gasteiger partial charge in [0.05, 0.1) is 11.9 Å². The van der Waals surface area contributed by atoms with E-state index in [1.54, 1.807) is 24.0 Å². The highest BCUT2D eigenvalue weighted by atomic mass is 32.1. The Bertz CT molecular complexity index is 978. The molecule has 3 aromatic heterocycles. The fourth-order valence-electron chi connectivity index (χ4n) is 2.87. The Kier molecular flexibility index (Phi) is 4.15. The monoisotopic (exact) mass is 350 g/mol. The number of aromatic nitrogens is 5. The molecule has 6 nitrogen and oxygen atoms in total. The minimum Gasteiger partial charge on any atom is -0.365 e. The summed E-state index contributed by atoms with van der Waals surface area (Å²) in [6.07, 6.45) is 3.27. The van der Waals surface area contributed by atoms with Crippen molar-refractivity contribution in [2.45, 2.75) is 26.4 Å². The maximum atomic E-state index is 4.67. The van der Waals surface area contributed by atoms with Gasteiger partial charge in [0.2, 0.25) is 0 Å². The maximum absolute atomic E-state index is 4.67. The van der Waals surface area contributed by atoms with Gasteiger partial charge in [-0.05, 0) is 19.4 Å². The average Bonchev–Trinajstić information content (AvgIpc) is 3.25. The molecule has 0 bridgehead atoms. The van der Waals surface area contributed by atoms with E-state index in [0.29, 0.717) is 0 Å². The van der Waals surface area contributed by atoms with E-state index in [0.717, 1.165) is 34.0 Å². The van der Waals surface area contributed by atoms with Crippen molar-refractivity contribution in [3.63, 3.8) is 0 Å². The lowest BCUT2D eigenvalue weighted by Gasteiger charge is -2.16. The molecule has 0 aliphatic carbocycles. The lowest BCUT2D eigenvalue weighted by Crippen LogP contribution is -2.23. The van der Waals surface area contributed by atoms with Crippen LogP contribution in [0, 0.1) is 6.92 Å². The lowest BCUT2D eigenvalue weighted by atomic mass is 10.1. The van der Waals surface area contributed by atoms with E-state index in [9.17, 15) is 0 Å². The van der Waals surface area contributed by atoms with Crippen molar-refractivity contribution in [1.82, 2.24) is 24.7 Å². The van der Waals surface area contributed by atoms with Crippen LogP contribution in [0.4, 0.5) is 5.82 Å². The first-order chi connectivity index (χ1) is 12.2. The molecule has 0 radical (unpaired) electrons. The van der Waals surface area contributed by atoms with E-state index >= 15 is 0 Å². The van der Waals surface area contributed by atoms with Crippen molar-refractivity contribution in [3.8, 4) is 11.1 Å². The summed E-state index contributed by atoms with van der Waals surface area (Å²) in [5.74, 6) is 1.64. The molecule has 1 atom stereocenters. The number of aryl methyl sites for hydroxylation is 1. The van der Waals surface area contributed by atoms with Crippen LogP contribution in [-0.4, -0.2) is 30.8 Å². The Labute approximate surface area is 149 Å². The number of thiophene rings is 1. The van der Waals surface area contributed by atoms with Crippen molar-refractivity contribution < 1.29 is 0 Å². The smallest absolute Gasteiger partial charge is 0.139 e. The highest BCUT2D eigenvalue weighted by molar-refractivity contribution is 7.17. The number of hydrogen-bond acceptors (Lipinski definition) is 6. The molecule has 25 heavy (non-hydrogen) atoms. The highest BCUT2D eigenvalue weighted by Crippen LogP contribution is 2.37. The molecule has 7 heteroatoms. The summed E-state index contributed by atoms with van der Waals surface area (Å²) in [4.78, 5) is 14.3. The minimum atomic E-state index is 0.155. The van der Waals surface area contributed by atoms with Crippen LogP contribution in [0.15, 0.2) is 48.4 Å². The van der Waals surface area contributed by atoms with Gasteiger partial charge < -0.3 is 5.32 Å². The van der Waals surface area contributed by atoms with Gasteiger partial charge in [-0.1, -0.05) is 30.3 Å². The summed E-state index contributed by atoms with van der Waals surface area (Å²) in [6, 6.07) is 10.5. The Balaban J connectivity index is 1.73. The number of benzene rings is 1. The molecule has 0 aliphatic rings. The zero-order valence-corrected chi connectivity index (χ0v) is 14.9. The second-order valence-electron chi connectivity index (χ2n) is 5.98. The molecule has 3 heterocycles. The van der Waals surface area contributed by atoms with Gasteiger partial charge in [-0.2, -0.15) is 5.10 Å². The third-order valence-corrected chi connectivity index (χ3v) is 4.81. The Morgan fingerprint density at radius 2 is 2.04 bits per heavy atom. The zero-order valence-electron chi connectivity index (χ0n) is 14.0. The largest absolute Gasteiger partial charge is 0.365 e. The summed E-state index contributed by atoms with van der Waals surface area (Å²) >= 11 is 1.65. The summed E-state index contributed by atoms with van der Waals surface area (Å²) < 4.78 is 1.81. The van der Waals surface area contributed by atoms with Gasteiger partial charge in [0, 0.05) is 17.0 Å². The quantitative estimate of drug-likeness (QED) is 0.593. The van der Waals surface area contributed by atoms with Crippen molar-refractivity contribution in [3.05, 3.63) is 54.2 Å². The molecule has 4 rings (SSSR count). The first kappa shape index (κ1) is 15.7. The van der Waals surface area contributed by atoms with Crippen LogP contribution in [-0.2, 0) is 6.54 Å². The second-order valence-corrected chi connectivity index (χ2v) is 6.84. The molecular weight excluding hydrogens is 332 g/mol. The van der Waals surface area contributed by atoms with Crippen molar-refractivity contribution >= 4 is 27.4 Å². The van der Waals surface area contributed by atoms with Gasteiger partial charge in [-0.15, -0.1) is 11.3 Å². The molecule has 0 aliphatic heterocycles. The number of nitrogens with one attached hydrogen (secondary N) is 1. The lowest BCUT2D eigenvalue weighted by molar-refractivity contribution is 0.558. The Hall–Kier alpha value is -2.80. The van der Waals surface area contributed by atoms with Crippen LogP contribution in [0.3, 0.4) is 0 Å². The van der Waals surface area contributed by atoms with Gasteiger partial charge in [-0.25, -0.2) is 15.0 Å². The van der Waals surface area contributed by atoms with Crippen LogP contribution in [0.5, 0.6) is 0 Å². The molecule has 0 saturated heterocycles. The zero-order chi connectivity index (χ0) is 17.2. The summed E-state index contributed by atoms with van der Waals surface area (Å²) in [7, 11) is 0. The molecule has 1 N–H and O–H groups in total.